The lowest BCUT2D eigenvalue weighted by molar-refractivity contribution is -0.0123. The molecule has 1 fully saturated rings. The Bertz CT molecular complexity index is 430. The highest BCUT2D eigenvalue weighted by Gasteiger charge is 2.31. The quantitative estimate of drug-likeness (QED) is 0.308. The van der Waals surface area contributed by atoms with E-state index in [1.165, 1.54) is 0 Å². The standard InChI is InChI=1S/C15H23N3O2/c1-2-20-13-8-12(9-13)17-14(10-15(16)18-19)11-6-4-3-5-7-11/h3-7,12-14,17,19H,2,8-10H2,1H3,(H2,16,18). The Morgan fingerprint density at radius 2 is 2.15 bits per heavy atom. The predicted octanol–water partition coefficient (Wildman–Crippen LogP) is 2.02. The minimum absolute atomic E-state index is 0.0691. The average molecular weight is 277 g/mol. The summed E-state index contributed by atoms with van der Waals surface area (Å²) in [6.07, 6.45) is 2.91. The molecule has 0 amide bonds. The monoisotopic (exact) mass is 277 g/mol. The van der Waals surface area contributed by atoms with E-state index < -0.39 is 0 Å². The average Bonchev–Trinajstić information content (AvgIpc) is 2.44. The van der Waals surface area contributed by atoms with Gasteiger partial charge in [-0.1, -0.05) is 35.5 Å². The maximum atomic E-state index is 8.76. The van der Waals surface area contributed by atoms with Gasteiger partial charge in [-0.15, -0.1) is 0 Å². The molecule has 1 aromatic carbocycles. The number of nitrogens with two attached hydrogens (primary N) is 1. The Morgan fingerprint density at radius 1 is 1.45 bits per heavy atom. The lowest BCUT2D eigenvalue weighted by Crippen LogP contribution is -2.47. The van der Waals surface area contributed by atoms with Crippen molar-refractivity contribution in [1.29, 1.82) is 0 Å². The molecule has 1 saturated carbocycles. The zero-order valence-electron chi connectivity index (χ0n) is 11.8. The number of nitrogens with zero attached hydrogens (tertiary/aromatic N) is 1. The summed E-state index contributed by atoms with van der Waals surface area (Å²) in [4.78, 5) is 0. The fourth-order valence-corrected chi connectivity index (χ4v) is 2.57. The highest BCUT2D eigenvalue weighted by atomic mass is 16.5. The second-order valence-electron chi connectivity index (χ2n) is 5.17. The van der Waals surface area contributed by atoms with Crippen LogP contribution in [0, 0.1) is 0 Å². The summed E-state index contributed by atoms with van der Waals surface area (Å²) in [6.45, 7) is 2.79. The second kappa shape index (κ2) is 7.26. The molecule has 1 aliphatic rings. The van der Waals surface area contributed by atoms with E-state index in [-0.39, 0.29) is 11.9 Å². The lowest BCUT2D eigenvalue weighted by atomic mass is 9.87. The van der Waals surface area contributed by atoms with Gasteiger partial charge in [-0.3, -0.25) is 0 Å². The molecule has 0 radical (unpaired) electrons. The van der Waals surface area contributed by atoms with Gasteiger partial charge in [0.25, 0.3) is 0 Å². The van der Waals surface area contributed by atoms with Gasteiger partial charge >= 0.3 is 0 Å². The fourth-order valence-electron chi connectivity index (χ4n) is 2.57. The number of hydrogen-bond acceptors (Lipinski definition) is 4. The minimum Gasteiger partial charge on any atom is -0.409 e. The Balaban J connectivity index is 1.94. The van der Waals surface area contributed by atoms with Gasteiger partial charge in [0.15, 0.2) is 0 Å². The molecule has 4 N–H and O–H groups in total. The van der Waals surface area contributed by atoms with E-state index in [0.29, 0.717) is 18.6 Å². The highest BCUT2D eigenvalue weighted by Crippen LogP contribution is 2.27. The zero-order valence-corrected chi connectivity index (χ0v) is 11.8. The first-order chi connectivity index (χ1) is 9.72. The molecule has 1 aromatic rings. The molecule has 1 aliphatic carbocycles. The van der Waals surface area contributed by atoms with Crippen molar-refractivity contribution in [3.8, 4) is 0 Å². The molecule has 1 unspecified atom stereocenters. The number of benzene rings is 1. The first-order valence-corrected chi connectivity index (χ1v) is 7.12. The van der Waals surface area contributed by atoms with Crippen molar-refractivity contribution >= 4 is 5.84 Å². The van der Waals surface area contributed by atoms with E-state index in [4.69, 9.17) is 15.7 Å². The van der Waals surface area contributed by atoms with Crippen LogP contribution in [0.3, 0.4) is 0 Å². The molecule has 2 rings (SSSR count). The molecule has 110 valence electrons. The summed E-state index contributed by atoms with van der Waals surface area (Å²) >= 11 is 0. The van der Waals surface area contributed by atoms with Crippen molar-refractivity contribution in [2.45, 2.75) is 44.4 Å². The third-order valence-corrected chi connectivity index (χ3v) is 3.68. The number of nitrogens with one attached hydrogen (secondary N) is 1. The van der Waals surface area contributed by atoms with Crippen LogP contribution in [-0.2, 0) is 4.74 Å². The molecule has 20 heavy (non-hydrogen) atoms. The van der Waals surface area contributed by atoms with Crippen molar-refractivity contribution in [3.05, 3.63) is 35.9 Å². The Hall–Kier alpha value is -1.59. The normalized spacial score (nSPS) is 24.1. The van der Waals surface area contributed by atoms with Crippen molar-refractivity contribution < 1.29 is 9.94 Å². The molecule has 0 aliphatic heterocycles. The number of amidine groups is 1. The summed E-state index contributed by atoms with van der Waals surface area (Å²) in [5, 5.41) is 15.4. The smallest absolute Gasteiger partial charge is 0.141 e. The van der Waals surface area contributed by atoms with Gasteiger partial charge in [0.2, 0.25) is 0 Å². The van der Waals surface area contributed by atoms with Crippen molar-refractivity contribution in [3.63, 3.8) is 0 Å². The number of hydrogen-bond donors (Lipinski definition) is 3. The maximum Gasteiger partial charge on any atom is 0.141 e. The number of oxime groups is 1. The topological polar surface area (TPSA) is 79.9 Å². The summed E-state index contributed by atoms with van der Waals surface area (Å²) in [5.74, 6) is 0.243. The van der Waals surface area contributed by atoms with Crippen LogP contribution < -0.4 is 11.1 Å². The summed E-state index contributed by atoms with van der Waals surface area (Å²) < 4.78 is 5.57. The van der Waals surface area contributed by atoms with Crippen molar-refractivity contribution in [2.24, 2.45) is 10.9 Å². The molecule has 0 bridgehead atoms. The zero-order chi connectivity index (χ0) is 14.4. The van der Waals surface area contributed by atoms with Gasteiger partial charge in [0.1, 0.15) is 5.84 Å². The first kappa shape index (κ1) is 14.8. The van der Waals surface area contributed by atoms with Crippen LogP contribution in [0.2, 0.25) is 0 Å². The number of ether oxygens (including phenoxy) is 1. The van der Waals surface area contributed by atoms with Crippen molar-refractivity contribution in [1.82, 2.24) is 5.32 Å². The van der Waals surface area contributed by atoms with Gasteiger partial charge < -0.3 is 21.0 Å². The summed E-state index contributed by atoms with van der Waals surface area (Å²) in [7, 11) is 0. The third-order valence-electron chi connectivity index (χ3n) is 3.68. The largest absolute Gasteiger partial charge is 0.409 e. The molecule has 0 saturated heterocycles. The molecule has 5 heteroatoms. The van der Waals surface area contributed by atoms with Crippen LogP contribution in [0.1, 0.15) is 37.8 Å². The molecule has 5 nitrogen and oxygen atoms in total. The Morgan fingerprint density at radius 3 is 2.75 bits per heavy atom. The van der Waals surface area contributed by atoms with Crippen LogP contribution in [0.5, 0.6) is 0 Å². The summed E-state index contributed by atoms with van der Waals surface area (Å²) in [5.41, 5.74) is 6.81. The predicted molar refractivity (Wildman–Crippen MR) is 78.8 cm³/mol. The van der Waals surface area contributed by atoms with E-state index in [1.54, 1.807) is 0 Å². The third kappa shape index (κ3) is 3.95. The van der Waals surface area contributed by atoms with Gasteiger partial charge in [-0.25, -0.2) is 0 Å². The van der Waals surface area contributed by atoms with Gasteiger partial charge in [-0.05, 0) is 25.3 Å². The van der Waals surface area contributed by atoms with Crippen LogP contribution in [0.4, 0.5) is 0 Å². The van der Waals surface area contributed by atoms with Gasteiger partial charge in [0.05, 0.1) is 6.10 Å². The van der Waals surface area contributed by atoms with E-state index in [1.807, 2.05) is 25.1 Å². The van der Waals surface area contributed by atoms with E-state index >= 15 is 0 Å². The van der Waals surface area contributed by atoms with E-state index in [0.717, 1.165) is 25.0 Å². The molecule has 0 heterocycles. The van der Waals surface area contributed by atoms with Crippen LogP contribution >= 0.6 is 0 Å². The molecule has 1 atom stereocenters. The molecule has 0 aromatic heterocycles. The Labute approximate surface area is 119 Å². The van der Waals surface area contributed by atoms with Crippen molar-refractivity contribution in [2.75, 3.05) is 6.61 Å². The Kier molecular flexibility index (Phi) is 5.38. The van der Waals surface area contributed by atoms with Crippen LogP contribution in [-0.4, -0.2) is 29.8 Å². The second-order valence-corrected chi connectivity index (χ2v) is 5.17. The van der Waals surface area contributed by atoms with E-state index in [2.05, 4.69) is 22.6 Å². The number of rotatable bonds is 7. The molecular weight excluding hydrogens is 254 g/mol. The van der Waals surface area contributed by atoms with Crippen LogP contribution in [0.15, 0.2) is 35.5 Å². The molecule has 0 spiro atoms. The van der Waals surface area contributed by atoms with Gasteiger partial charge in [0, 0.05) is 25.1 Å². The molecular formula is C15H23N3O2. The fraction of sp³-hybridized carbons (Fsp3) is 0.533. The first-order valence-electron chi connectivity index (χ1n) is 7.12. The lowest BCUT2D eigenvalue weighted by Gasteiger charge is -2.38. The maximum absolute atomic E-state index is 8.76. The van der Waals surface area contributed by atoms with Crippen LogP contribution in [0.25, 0.3) is 0 Å². The van der Waals surface area contributed by atoms with E-state index in [9.17, 15) is 0 Å². The van der Waals surface area contributed by atoms with Gasteiger partial charge in [-0.2, -0.15) is 0 Å². The highest BCUT2D eigenvalue weighted by molar-refractivity contribution is 5.80. The minimum atomic E-state index is 0.0691. The SMILES string of the molecule is CCOC1CC(NC(C/C(N)=N/O)c2ccccc2)C1. The summed E-state index contributed by atoms with van der Waals surface area (Å²) in [6, 6.07) is 10.6.